The Morgan fingerprint density at radius 1 is 1.30 bits per heavy atom. The predicted octanol–water partition coefficient (Wildman–Crippen LogP) is 3.82. The molecule has 1 atom stereocenters. The summed E-state index contributed by atoms with van der Waals surface area (Å²) in [7, 11) is 1.34. The summed E-state index contributed by atoms with van der Waals surface area (Å²) < 4.78 is 5.66. The summed E-state index contributed by atoms with van der Waals surface area (Å²) in [5.41, 5.74) is 1.34. The van der Waals surface area contributed by atoms with Crippen molar-refractivity contribution >= 4 is 39.2 Å². The van der Waals surface area contributed by atoms with Gasteiger partial charge in [0.25, 0.3) is 0 Å². The maximum absolute atomic E-state index is 11.9. The molecule has 0 aliphatic rings. The van der Waals surface area contributed by atoms with E-state index in [9.17, 15) is 4.79 Å². The second kappa shape index (κ2) is 6.72. The minimum absolute atomic E-state index is 0.408. The van der Waals surface area contributed by atoms with Crippen LogP contribution in [0, 0.1) is 0 Å². The van der Waals surface area contributed by atoms with Gasteiger partial charge in [-0.15, -0.1) is 0 Å². The zero-order valence-corrected chi connectivity index (χ0v) is 13.0. The zero-order chi connectivity index (χ0) is 14.5. The Kier molecular flexibility index (Phi) is 4.98. The molecule has 0 aliphatic carbocycles. The van der Waals surface area contributed by atoms with Crippen molar-refractivity contribution in [2.24, 2.45) is 0 Å². The summed E-state index contributed by atoms with van der Waals surface area (Å²) >= 11 is 9.15. The van der Waals surface area contributed by atoms with Gasteiger partial charge in [-0.25, -0.2) is 4.79 Å². The van der Waals surface area contributed by atoms with Gasteiger partial charge in [-0.1, -0.05) is 11.6 Å². The first-order chi connectivity index (χ1) is 9.60. The smallest absolute Gasteiger partial charge is 0.334 e. The number of nitrogens with one attached hydrogen (secondary N) is 1. The van der Waals surface area contributed by atoms with Crippen molar-refractivity contribution in [1.82, 2.24) is 4.98 Å². The summed E-state index contributed by atoms with van der Waals surface area (Å²) in [6.07, 6.45) is 1.63. The van der Waals surface area contributed by atoms with Gasteiger partial charge in [0.1, 0.15) is 0 Å². The SMILES string of the molecule is COC(=O)C(Nc1ccc(Cl)cc1)c1ccc(Br)cn1. The van der Waals surface area contributed by atoms with Crippen molar-refractivity contribution in [2.45, 2.75) is 6.04 Å². The van der Waals surface area contributed by atoms with E-state index in [1.165, 1.54) is 7.11 Å². The molecule has 1 aromatic heterocycles. The monoisotopic (exact) mass is 354 g/mol. The van der Waals surface area contributed by atoms with Crippen molar-refractivity contribution in [2.75, 3.05) is 12.4 Å². The molecule has 104 valence electrons. The number of nitrogens with zero attached hydrogens (tertiary/aromatic N) is 1. The number of halogens is 2. The normalized spacial score (nSPS) is 11.8. The quantitative estimate of drug-likeness (QED) is 0.847. The van der Waals surface area contributed by atoms with Crippen molar-refractivity contribution in [3.63, 3.8) is 0 Å². The number of hydrogen-bond donors (Lipinski definition) is 1. The van der Waals surface area contributed by atoms with Crippen LogP contribution in [-0.4, -0.2) is 18.1 Å². The topological polar surface area (TPSA) is 51.2 Å². The second-order valence-corrected chi connectivity index (χ2v) is 5.36. The maximum Gasteiger partial charge on any atom is 0.334 e. The summed E-state index contributed by atoms with van der Waals surface area (Å²) in [4.78, 5) is 16.1. The summed E-state index contributed by atoms with van der Waals surface area (Å²) in [5.74, 6) is -0.408. The molecule has 2 rings (SSSR count). The van der Waals surface area contributed by atoms with Gasteiger partial charge in [-0.2, -0.15) is 0 Å². The number of pyridine rings is 1. The van der Waals surface area contributed by atoms with Crippen LogP contribution < -0.4 is 5.32 Å². The van der Waals surface area contributed by atoms with Crippen LogP contribution in [-0.2, 0) is 9.53 Å². The summed E-state index contributed by atoms with van der Waals surface area (Å²) in [6, 6.07) is 9.97. The number of rotatable bonds is 4. The van der Waals surface area contributed by atoms with E-state index in [0.29, 0.717) is 10.7 Å². The van der Waals surface area contributed by atoms with Crippen LogP contribution in [0.3, 0.4) is 0 Å². The predicted molar refractivity (Wildman–Crippen MR) is 81.8 cm³/mol. The highest BCUT2D eigenvalue weighted by Crippen LogP contribution is 2.22. The van der Waals surface area contributed by atoms with Crippen LogP contribution in [0.1, 0.15) is 11.7 Å². The average Bonchev–Trinajstić information content (AvgIpc) is 2.47. The number of esters is 1. The van der Waals surface area contributed by atoms with Gasteiger partial charge in [0.15, 0.2) is 6.04 Å². The lowest BCUT2D eigenvalue weighted by Gasteiger charge is -2.17. The summed E-state index contributed by atoms with van der Waals surface area (Å²) in [6.45, 7) is 0. The third-order valence-corrected chi connectivity index (χ3v) is 3.36. The van der Waals surface area contributed by atoms with Crippen molar-refractivity contribution in [1.29, 1.82) is 0 Å². The van der Waals surface area contributed by atoms with E-state index in [1.807, 2.05) is 6.07 Å². The van der Waals surface area contributed by atoms with Gasteiger partial charge >= 0.3 is 5.97 Å². The molecule has 0 spiro atoms. The molecule has 6 heteroatoms. The van der Waals surface area contributed by atoms with Crippen molar-refractivity contribution < 1.29 is 9.53 Å². The van der Waals surface area contributed by atoms with Crippen molar-refractivity contribution in [3.05, 3.63) is 57.8 Å². The lowest BCUT2D eigenvalue weighted by Crippen LogP contribution is -2.23. The molecule has 0 amide bonds. The highest BCUT2D eigenvalue weighted by Gasteiger charge is 2.22. The molecule has 0 saturated carbocycles. The molecule has 0 aliphatic heterocycles. The van der Waals surface area contributed by atoms with E-state index in [1.54, 1.807) is 36.5 Å². The van der Waals surface area contributed by atoms with E-state index in [-0.39, 0.29) is 0 Å². The molecule has 0 fully saturated rings. The Labute approximate surface area is 130 Å². The Morgan fingerprint density at radius 3 is 2.55 bits per heavy atom. The number of aromatic nitrogens is 1. The fraction of sp³-hybridized carbons (Fsp3) is 0.143. The number of benzene rings is 1. The van der Waals surface area contributed by atoms with Crippen LogP contribution in [0.2, 0.25) is 5.02 Å². The number of methoxy groups -OCH3 is 1. The van der Waals surface area contributed by atoms with Crippen LogP contribution in [0.4, 0.5) is 5.69 Å². The highest BCUT2D eigenvalue weighted by molar-refractivity contribution is 9.10. The van der Waals surface area contributed by atoms with E-state index in [2.05, 4.69) is 26.2 Å². The Morgan fingerprint density at radius 2 is 2.00 bits per heavy atom. The van der Waals surface area contributed by atoms with E-state index in [0.717, 1.165) is 10.2 Å². The number of ether oxygens (including phenoxy) is 1. The third-order valence-electron chi connectivity index (χ3n) is 2.64. The van der Waals surface area contributed by atoms with Gasteiger partial charge in [0, 0.05) is 21.4 Å². The Hall–Kier alpha value is -1.59. The number of anilines is 1. The highest BCUT2D eigenvalue weighted by atomic mass is 79.9. The minimum atomic E-state index is -0.672. The third kappa shape index (κ3) is 3.71. The summed E-state index contributed by atoms with van der Waals surface area (Å²) in [5, 5.41) is 3.71. The lowest BCUT2D eigenvalue weighted by atomic mass is 10.1. The fourth-order valence-corrected chi connectivity index (χ4v) is 2.00. The van der Waals surface area contributed by atoms with Crippen LogP contribution in [0.25, 0.3) is 0 Å². The molecule has 0 radical (unpaired) electrons. The van der Waals surface area contributed by atoms with Gasteiger partial charge < -0.3 is 10.1 Å². The molecule has 1 unspecified atom stereocenters. The average molecular weight is 356 g/mol. The zero-order valence-electron chi connectivity index (χ0n) is 10.6. The van der Waals surface area contributed by atoms with E-state index < -0.39 is 12.0 Å². The minimum Gasteiger partial charge on any atom is -0.467 e. The number of carbonyl (C=O) groups is 1. The molecule has 1 aromatic carbocycles. The Bertz CT molecular complexity index is 587. The van der Waals surface area contributed by atoms with E-state index in [4.69, 9.17) is 16.3 Å². The molecular formula is C14H12BrClN2O2. The first-order valence-electron chi connectivity index (χ1n) is 5.81. The van der Waals surface area contributed by atoms with Crippen LogP contribution >= 0.6 is 27.5 Å². The first kappa shape index (κ1) is 14.8. The molecule has 1 N–H and O–H groups in total. The fourth-order valence-electron chi connectivity index (χ4n) is 1.64. The maximum atomic E-state index is 11.9. The molecule has 20 heavy (non-hydrogen) atoms. The molecule has 2 aromatic rings. The van der Waals surface area contributed by atoms with Gasteiger partial charge in [-0.3, -0.25) is 4.98 Å². The standard InChI is InChI=1S/C14H12BrClN2O2/c1-20-14(19)13(12-7-2-9(15)8-17-12)18-11-5-3-10(16)4-6-11/h2-8,13,18H,1H3. The first-order valence-corrected chi connectivity index (χ1v) is 6.98. The molecule has 0 bridgehead atoms. The van der Waals surface area contributed by atoms with Crippen molar-refractivity contribution in [3.8, 4) is 0 Å². The second-order valence-electron chi connectivity index (χ2n) is 4.01. The molecule has 1 heterocycles. The molecule has 4 nitrogen and oxygen atoms in total. The van der Waals surface area contributed by atoms with Gasteiger partial charge in [0.2, 0.25) is 0 Å². The molecular weight excluding hydrogens is 344 g/mol. The van der Waals surface area contributed by atoms with Crippen LogP contribution in [0.5, 0.6) is 0 Å². The lowest BCUT2D eigenvalue weighted by molar-refractivity contribution is -0.141. The largest absolute Gasteiger partial charge is 0.467 e. The number of carbonyl (C=O) groups excluding carboxylic acids is 1. The number of hydrogen-bond acceptors (Lipinski definition) is 4. The Balaban J connectivity index is 2.26. The van der Waals surface area contributed by atoms with Crippen LogP contribution in [0.15, 0.2) is 47.1 Å². The molecule has 0 saturated heterocycles. The van der Waals surface area contributed by atoms with Gasteiger partial charge in [0.05, 0.1) is 12.8 Å². The van der Waals surface area contributed by atoms with E-state index >= 15 is 0 Å². The van der Waals surface area contributed by atoms with Gasteiger partial charge in [-0.05, 0) is 52.3 Å².